The number of anilines is 2. The van der Waals surface area contributed by atoms with E-state index in [9.17, 15) is 22.8 Å². The van der Waals surface area contributed by atoms with Crippen LogP contribution >= 0.6 is 22.9 Å². The highest BCUT2D eigenvalue weighted by atomic mass is 35.5. The number of hydrogen-bond donors (Lipinski definition) is 1. The molecule has 0 atom stereocenters. The van der Waals surface area contributed by atoms with Gasteiger partial charge in [0, 0.05) is 30.6 Å². The van der Waals surface area contributed by atoms with Crippen molar-refractivity contribution in [1.82, 2.24) is 9.97 Å². The highest BCUT2D eigenvalue weighted by Gasteiger charge is 2.33. The molecule has 0 aromatic carbocycles. The number of carbonyl (C=O) groups is 2. The number of nitrogens with zero attached hydrogens (tertiary/aromatic N) is 3. The third-order valence-corrected chi connectivity index (χ3v) is 5.57. The Morgan fingerprint density at radius 1 is 1.37 bits per heavy atom. The molecule has 2 aromatic rings. The molecule has 3 heterocycles. The molecule has 3 rings (SSSR count). The normalized spacial score (nSPS) is 15.2. The Morgan fingerprint density at radius 2 is 2.07 bits per heavy atom. The second kappa shape index (κ2) is 9.17. The van der Waals surface area contributed by atoms with E-state index in [0.717, 1.165) is 23.6 Å². The first-order valence-electron chi connectivity index (χ1n) is 9.10. The summed E-state index contributed by atoms with van der Waals surface area (Å²) in [6.07, 6.45) is -2.81. The van der Waals surface area contributed by atoms with E-state index in [1.54, 1.807) is 11.8 Å². The Balaban J connectivity index is 1.56. The quantitative estimate of drug-likeness (QED) is 0.669. The summed E-state index contributed by atoms with van der Waals surface area (Å²) < 4.78 is 43.1. The van der Waals surface area contributed by atoms with E-state index in [-0.39, 0.29) is 35.0 Å². The number of pyridine rings is 1. The highest BCUT2D eigenvalue weighted by molar-refractivity contribution is 7.14. The number of thiazole rings is 1. The molecule has 1 N–H and O–H groups in total. The molecule has 2 aromatic heterocycles. The molecule has 1 amide bonds. The molecule has 0 bridgehead atoms. The van der Waals surface area contributed by atoms with Crippen LogP contribution in [-0.2, 0) is 15.7 Å². The van der Waals surface area contributed by atoms with E-state index >= 15 is 0 Å². The van der Waals surface area contributed by atoms with Gasteiger partial charge in [0.25, 0.3) is 0 Å². The van der Waals surface area contributed by atoms with Crippen molar-refractivity contribution >= 4 is 45.8 Å². The van der Waals surface area contributed by atoms with Gasteiger partial charge in [-0.3, -0.25) is 4.79 Å². The first-order chi connectivity index (χ1) is 14.2. The molecule has 0 radical (unpaired) electrons. The monoisotopic (exact) mass is 462 g/mol. The molecule has 1 aliphatic rings. The molecule has 12 heteroatoms. The Hall–Kier alpha value is -2.40. The molecule has 7 nitrogen and oxygen atoms in total. The lowest BCUT2D eigenvalue weighted by atomic mass is 9.96. The van der Waals surface area contributed by atoms with Crippen LogP contribution in [0.2, 0.25) is 5.02 Å². The van der Waals surface area contributed by atoms with Gasteiger partial charge in [-0.2, -0.15) is 13.2 Å². The Kier molecular flexibility index (Phi) is 6.81. The van der Waals surface area contributed by atoms with Crippen LogP contribution in [0, 0.1) is 5.92 Å². The summed E-state index contributed by atoms with van der Waals surface area (Å²) in [5.74, 6) is -0.818. The third kappa shape index (κ3) is 5.20. The fourth-order valence-electron chi connectivity index (χ4n) is 3.01. The number of carbonyl (C=O) groups excluding carboxylic acids is 2. The first-order valence-corrected chi connectivity index (χ1v) is 10.4. The Labute approximate surface area is 179 Å². The number of aromatic nitrogens is 2. The zero-order valence-electron chi connectivity index (χ0n) is 15.8. The van der Waals surface area contributed by atoms with Gasteiger partial charge in [-0.1, -0.05) is 11.6 Å². The number of hydrogen-bond acceptors (Lipinski definition) is 7. The van der Waals surface area contributed by atoms with Gasteiger partial charge in [0.05, 0.1) is 17.2 Å². The second-order valence-corrected chi connectivity index (χ2v) is 7.80. The fourth-order valence-corrected chi connectivity index (χ4v) is 3.98. The van der Waals surface area contributed by atoms with Crippen molar-refractivity contribution < 1.29 is 27.5 Å². The van der Waals surface area contributed by atoms with E-state index in [0.29, 0.717) is 31.1 Å². The van der Waals surface area contributed by atoms with Gasteiger partial charge in [-0.15, -0.1) is 11.3 Å². The minimum atomic E-state index is -4.51. The number of ether oxygens (including phenoxy) is 1. The van der Waals surface area contributed by atoms with Crippen LogP contribution in [-0.4, -0.2) is 41.5 Å². The molecule has 0 aliphatic carbocycles. The minimum absolute atomic E-state index is 0.0815. The van der Waals surface area contributed by atoms with Crippen LogP contribution in [0.25, 0.3) is 0 Å². The molecular formula is C18H18ClF3N4O3S. The van der Waals surface area contributed by atoms with Crippen LogP contribution in [0.1, 0.15) is 35.8 Å². The average molecular weight is 463 g/mol. The summed E-state index contributed by atoms with van der Waals surface area (Å²) >= 11 is 7.12. The van der Waals surface area contributed by atoms with Crippen molar-refractivity contribution in [3.8, 4) is 0 Å². The van der Waals surface area contributed by atoms with Crippen LogP contribution in [0.3, 0.4) is 0 Å². The van der Waals surface area contributed by atoms with Crippen molar-refractivity contribution in [2.75, 3.05) is 29.9 Å². The van der Waals surface area contributed by atoms with Gasteiger partial charge in [0.15, 0.2) is 10.8 Å². The summed E-state index contributed by atoms with van der Waals surface area (Å²) in [6, 6.07) is 0.853. The van der Waals surface area contributed by atoms with E-state index in [1.807, 2.05) is 0 Å². The van der Waals surface area contributed by atoms with Crippen molar-refractivity contribution in [3.63, 3.8) is 0 Å². The van der Waals surface area contributed by atoms with Crippen LogP contribution in [0.4, 0.5) is 24.1 Å². The smallest absolute Gasteiger partial charge is 0.417 e. The topological polar surface area (TPSA) is 84.4 Å². The second-order valence-electron chi connectivity index (χ2n) is 6.54. The van der Waals surface area contributed by atoms with Gasteiger partial charge in [0.2, 0.25) is 5.91 Å². The summed E-state index contributed by atoms with van der Waals surface area (Å²) in [5.41, 5.74) is -0.772. The van der Waals surface area contributed by atoms with Crippen LogP contribution in [0.5, 0.6) is 0 Å². The largest absolute Gasteiger partial charge is 0.461 e. The van der Waals surface area contributed by atoms with Gasteiger partial charge in [-0.25, -0.2) is 14.8 Å². The molecule has 1 aliphatic heterocycles. The van der Waals surface area contributed by atoms with Gasteiger partial charge in [0.1, 0.15) is 5.82 Å². The Morgan fingerprint density at radius 3 is 2.67 bits per heavy atom. The maximum absolute atomic E-state index is 12.8. The molecule has 1 fully saturated rings. The van der Waals surface area contributed by atoms with Gasteiger partial charge in [-0.05, 0) is 25.8 Å². The third-order valence-electron chi connectivity index (χ3n) is 4.53. The molecular weight excluding hydrogens is 445 g/mol. The number of amides is 1. The van der Waals surface area contributed by atoms with Crippen LogP contribution in [0.15, 0.2) is 17.6 Å². The average Bonchev–Trinajstić information content (AvgIpc) is 3.16. The predicted octanol–water partition coefficient (Wildman–Crippen LogP) is 4.24. The maximum atomic E-state index is 12.8. The predicted molar refractivity (Wildman–Crippen MR) is 106 cm³/mol. The Bertz CT molecular complexity index is 930. The molecule has 0 unspecified atom stereocenters. The zero-order valence-corrected chi connectivity index (χ0v) is 17.4. The lowest BCUT2D eigenvalue weighted by Crippen LogP contribution is -2.38. The maximum Gasteiger partial charge on any atom is 0.417 e. The summed E-state index contributed by atoms with van der Waals surface area (Å²) in [4.78, 5) is 33.8. The number of nitrogens with one attached hydrogen (secondary N) is 1. The van der Waals surface area contributed by atoms with Crippen molar-refractivity contribution in [3.05, 3.63) is 33.9 Å². The number of rotatable bonds is 5. The van der Waals surface area contributed by atoms with E-state index in [1.165, 1.54) is 5.38 Å². The molecule has 1 saturated heterocycles. The summed E-state index contributed by atoms with van der Waals surface area (Å²) in [6.45, 7) is 2.76. The molecule has 0 spiro atoms. The van der Waals surface area contributed by atoms with E-state index in [2.05, 4.69) is 15.3 Å². The highest BCUT2D eigenvalue weighted by Crippen LogP contribution is 2.34. The molecule has 30 heavy (non-hydrogen) atoms. The van der Waals surface area contributed by atoms with Crippen molar-refractivity contribution in [1.29, 1.82) is 0 Å². The molecule has 162 valence electrons. The number of esters is 1. The summed E-state index contributed by atoms with van der Waals surface area (Å²) in [7, 11) is 0. The number of halogens is 4. The van der Waals surface area contributed by atoms with Gasteiger partial charge >= 0.3 is 12.1 Å². The first kappa shape index (κ1) is 22.3. The standard InChI is InChI=1S/C18H18ClF3N4O3S/c1-2-29-16(28)13-9-30-17(24-13)25-15(27)10-3-5-26(6-4-10)14-12(19)7-11(8-23-14)18(20,21)22/h7-10H,2-6H2,1H3,(H,24,25,27). The van der Waals surface area contributed by atoms with Gasteiger partial charge < -0.3 is 15.0 Å². The zero-order chi connectivity index (χ0) is 21.9. The minimum Gasteiger partial charge on any atom is -0.461 e. The lowest BCUT2D eigenvalue weighted by Gasteiger charge is -2.32. The number of piperidine rings is 1. The SMILES string of the molecule is CCOC(=O)c1csc(NC(=O)C2CCN(c3ncc(C(F)(F)F)cc3Cl)CC2)n1. The summed E-state index contributed by atoms with van der Waals surface area (Å²) in [5, 5.41) is 4.43. The fraction of sp³-hybridized carbons (Fsp3) is 0.444. The van der Waals surface area contributed by atoms with E-state index < -0.39 is 17.7 Å². The molecule has 0 saturated carbocycles. The lowest BCUT2D eigenvalue weighted by molar-refractivity contribution is -0.137. The van der Waals surface area contributed by atoms with Crippen molar-refractivity contribution in [2.45, 2.75) is 25.9 Å². The van der Waals surface area contributed by atoms with E-state index in [4.69, 9.17) is 16.3 Å². The number of alkyl halides is 3. The van der Waals surface area contributed by atoms with Crippen LogP contribution < -0.4 is 10.2 Å². The van der Waals surface area contributed by atoms with Crippen molar-refractivity contribution in [2.24, 2.45) is 5.92 Å².